The summed E-state index contributed by atoms with van der Waals surface area (Å²) in [7, 11) is 1.59. The van der Waals surface area contributed by atoms with Gasteiger partial charge >= 0.3 is 6.18 Å². The molecule has 0 aliphatic heterocycles. The average Bonchev–Trinajstić information content (AvgIpc) is 2.13. The lowest BCUT2D eigenvalue weighted by Gasteiger charge is -2.24. The van der Waals surface area contributed by atoms with Gasteiger partial charge in [-0.25, -0.2) is 0 Å². The van der Waals surface area contributed by atoms with E-state index in [1.54, 1.807) is 7.05 Å². The third-order valence-electron chi connectivity index (χ3n) is 1.69. The van der Waals surface area contributed by atoms with Gasteiger partial charge in [0.1, 0.15) is 5.97 Å². The first-order chi connectivity index (χ1) is 7.34. The van der Waals surface area contributed by atoms with E-state index in [4.69, 9.17) is 15.6 Å². The van der Waals surface area contributed by atoms with Crippen LogP contribution in [0.3, 0.4) is 0 Å². The van der Waals surface area contributed by atoms with Crippen molar-refractivity contribution in [3.8, 4) is 0 Å². The molecule has 0 aliphatic rings. The largest absolute Gasteiger partial charge is 0.542 e. The summed E-state index contributed by atoms with van der Waals surface area (Å²) in [6.45, 7) is 5.81. The summed E-state index contributed by atoms with van der Waals surface area (Å²) in [6.07, 6.45) is -5.19. The minimum atomic E-state index is -5.19. The maximum absolute atomic E-state index is 10.9. The monoisotopic (exact) mass is 257 g/mol. The van der Waals surface area contributed by atoms with Gasteiger partial charge < -0.3 is 21.0 Å². The molecule has 0 saturated heterocycles. The molecule has 0 rings (SSSR count). The second-order valence-corrected chi connectivity index (χ2v) is 4.24. The first-order valence-corrected chi connectivity index (χ1v) is 4.59. The van der Waals surface area contributed by atoms with Crippen molar-refractivity contribution in [2.75, 3.05) is 7.05 Å². The first kappa shape index (κ1) is 18.1. The van der Waals surface area contributed by atoms with Crippen LogP contribution in [0.4, 0.5) is 13.2 Å². The predicted octanol–water partition coefficient (Wildman–Crippen LogP) is -0.596. The molecule has 0 aromatic rings. The van der Waals surface area contributed by atoms with Crippen molar-refractivity contribution in [3.05, 3.63) is 0 Å². The fraction of sp³-hybridized carbons (Fsp3) is 0.778. The van der Waals surface area contributed by atoms with Gasteiger partial charge in [0.15, 0.2) is 0 Å². The van der Waals surface area contributed by atoms with Crippen LogP contribution in [0.25, 0.3) is 0 Å². The van der Waals surface area contributed by atoms with Crippen molar-refractivity contribution >= 4 is 11.9 Å². The number of amides is 1. The molecule has 102 valence electrons. The number of alkyl halides is 3. The highest BCUT2D eigenvalue weighted by atomic mass is 19.4. The van der Waals surface area contributed by atoms with Crippen LogP contribution in [0, 0.1) is 5.41 Å². The number of aliphatic carboxylic acids is 1. The Morgan fingerprint density at radius 3 is 1.59 bits per heavy atom. The number of carbonyl (C=O) groups is 2. The number of nitrogens with one attached hydrogen (secondary N) is 1. The van der Waals surface area contributed by atoms with Crippen LogP contribution in [0.5, 0.6) is 0 Å². The highest BCUT2D eigenvalue weighted by molar-refractivity contribution is 5.81. The molecule has 0 aromatic carbocycles. The summed E-state index contributed by atoms with van der Waals surface area (Å²) in [6, 6.07) is -0.419. The zero-order valence-corrected chi connectivity index (χ0v) is 10.0. The average molecular weight is 257 g/mol. The second kappa shape index (κ2) is 6.43. The summed E-state index contributed by atoms with van der Waals surface area (Å²) in [5, 5.41) is 11.3. The van der Waals surface area contributed by atoms with Crippen LogP contribution in [-0.4, -0.2) is 31.1 Å². The molecule has 1 atom stereocenters. The Hall–Kier alpha value is -1.31. The van der Waals surface area contributed by atoms with E-state index in [2.05, 4.69) is 5.32 Å². The lowest BCUT2D eigenvalue weighted by atomic mass is 9.87. The lowest BCUT2D eigenvalue weighted by Crippen LogP contribution is -2.47. The van der Waals surface area contributed by atoms with Crippen molar-refractivity contribution in [2.24, 2.45) is 11.1 Å². The fourth-order valence-corrected chi connectivity index (χ4v) is 0.549. The van der Waals surface area contributed by atoms with E-state index in [0.29, 0.717) is 0 Å². The molecule has 0 spiro atoms. The normalized spacial score (nSPS) is 13.2. The van der Waals surface area contributed by atoms with Gasteiger partial charge in [-0.1, -0.05) is 20.8 Å². The molecule has 0 fully saturated rings. The third-order valence-corrected chi connectivity index (χ3v) is 1.69. The van der Waals surface area contributed by atoms with Crippen LogP contribution < -0.4 is 16.2 Å². The maximum Gasteiger partial charge on any atom is 0.430 e. The quantitative estimate of drug-likeness (QED) is 0.656. The zero-order chi connectivity index (χ0) is 14.4. The molecule has 0 heterocycles. The number of rotatable bonds is 1. The Kier molecular flexibility index (Phi) is 6.83. The maximum atomic E-state index is 10.9. The van der Waals surface area contributed by atoms with Crippen molar-refractivity contribution in [2.45, 2.75) is 33.0 Å². The topological polar surface area (TPSA) is 95.2 Å². The molecule has 3 N–H and O–H groups in total. The third kappa shape index (κ3) is 8.49. The summed E-state index contributed by atoms with van der Waals surface area (Å²) in [4.78, 5) is 19.7. The van der Waals surface area contributed by atoms with Crippen molar-refractivity contribution in [1.82, 2.24) is 5.32 Å². The van der Waals surface area contributed by atoms with Gasteiger partial charge in [0, 0.05) is 7.05 Å². The second-order valence-electron chi connectivity index (χ2n) is 4.24. The number of hydrogen-bond donors (Lipinski definition) is 2. The van der Waals surface area contributed by atoms with E-state index in [1.807, 2.05) is 20.8 Å². The van der Waals surface area contributed by atoms with Gasteiger partial charge in [-0.05, 0) is 5.41 Å². The van der Waals surface area contributed by atoms with Crippen molar-refractivity contribution in [1.29, 1.82) is 0 Å². The molecule has 0 bridgehead atoms. The molecule has 17 heavy (non-hydrogen) atoms. The number of carbonyl (C=O) groups excluding carboxylic acids is 2. The van der Waals surface area contributed by atoms with Gasteiger partial charge in [-0.15, -0.1) is 0 Å². The zero-order valence-electron chi connectivity index (χ0n) is 10.0. The standard InChI is InChI=1S/C7H16N2O.C2HF3O2/c1-7(2,3)5(8)6(10)9-4;3-2(4,5)1(6)7/h5H,8H2,1-4H3,(H,9,10);(H,6,7)/p-1. The Balaban J connectivity index is 0. The van der Waals surface area contributed by atoms with Gasteiger partial charge in [0.25, 0.3) is 0 Å². The van der Waals surface area contributed by atoms with Gasteiger partial charge in [-0.2, -0.15) is 13.2 Å². The van der Waals surface area contributed by atoms with Crippen LogP contribution >= 0.6 is 0 Å². The molecule has 0 radical (unpaired) electrons. The van der Waals surface area contributed by atoms with Crippen LogP contribution in [0.15, 0.2) is 0 Å². The minimum absolute atomic E-state index is 0.104. The fourth-order valence-electron chi connectivity index (χ4n) is 0.549. The Morgan fingerprint density at radius 2 is 1.53 bits per heavy atom. The van der Waals surface area contributed by atoms with Gasteiger partial charge in [0.05, 0.1) is 6.04 Å². The Morgan fingerprint density at radius 1 is 1.24 bits per heavy atom. The first-order valence-electron chi connectivity index (χ1n) is 4.59. The van der Waals surface area contributed by atoms with Crippen molar-refractivity contribution in [3.63, 3.8) is 0 Å². The van der Waals surface area contributed by atoms with Crippen molar-refractivity contribution < 1.29 is 27.9 Å². The number of likely N-dealkylation sites (N-methyl/N-ethyl adjacent to an activating group) is 1. The van der Waals surface area contributed by atoms with E-state index >= 15 is 0 Å². The molecule has 0 aromatic heterocycles. The molecular weight excluding hydrogens is 241 g/mol. The molecule has 5 nitrogen and oxygen atoms in total. The summed E-state index contributed by atoms with van der Waals surface area (Å²) >= 11 is 0. The highest BCUT2D eigenvalue weighted by Gasteiger charge is 2.28. The van der Waals surface area contributed by atoms with Crippen LogP contribution in [0.2, 0.25) is 0 Å². The Bertz CT molecular complexity index is 272. The van der Waals surface area contributed by atoms with E-state index in [-0.39, 0.29) is 11.3 Å². The van der Waals surface area contributed by atoms with E-state index in [9.17, 15) is 18.0 Å². The van der Waals surface area contributed by atoms with E-state index < -0.39 is 18.2 Å². The minimum Gasteiger partial charge on any atom is -0.542 e. The van der Waals surface area contributed by atoms with Gasteiger partial charge in [-0.3, -0.25) is 4.79 Å². The number of halogens is 3. The molecule has 8 heteroatoms. The van der Waals surface area contributed by atoms with Crippen LogP contribution in [0.1, 0.15) is 20.8 Å². The lowest BCUT2D eigenvalue weighted by molar-refractivity contribution is -0.344. The summed E-state index contributed by atoms with van der Waals surface area (Å²) in [5.41, 5.74) is 5.44. The molecule has 1 amide bonds. The predicted molar refractivity (Wildman–Crippen MR) is 52.6 cm³/mol. The molecule has 1 unspecified atom stereocenters. The highest BCUT2D eigenvalue weighted by Crippen LogP contribution is 2.16. The van der Waals surface area contributed by atoms with E-state index in [1.165, 1.54) is 0 Å². The number of carboxylic acid groups (broad SMARTS) is 1. The number of hydrogen-bond acceptors (Lipinski definition) is 4. The SMILES string of the molecule is CNC(=O)C(N)C(C)(C)C.O=C([O-])C(F)(F)F. The van der Waals surface area contributed by atoms with Gasteiger partial charge in [0.2, 0.25) is 5.91 Å². The smallest absolute Gasteiger partial charge is 0.430 e. The molecule has 0 saturated carbocycles. The Labute approximate surface area is 97.2 Å². The summed E-state index contributed by atoms with van der Waals surface area (Å²) in [5.74, 6) is -3.11. The molecular formula is C9H16F3N2O3-. The molecule has 0 aliphatic carbocycles. The number of nitrogens with two attached hydrogens (primary N) is 1. The number of carboxylic acids is 1. The van der Waals surface area contributed by atoms with E-state index in [0.717, 1.165) is 0 Å². The van der Waals surface area contributed by atoms with Crippen LogP contribution in [-0.2, 0) is 9.59 Å². The summed E-state index contributed by atoms with van der Waals surface area (Å²) < 4.78 is 31.5.